The second-order valence-electron chi connectivity index (χ2n) is 3.21. The molecule has 2 N–H and O–H groups in total. The lowest BCUT2D eigenvalue weighted by Gasteiger charge is -2.13. The minimum Gasteiger partial charge on any atom is -0.393 e. The monoisotopic (exact) mass is 172 g/mol. The lowest BCUT2D eigenvalue weighted by molar-refractivity contribution is 0.0760. The molecule has 0 saturated carbocycles. The van der Waals surface area contributed by atoms with E-state index in [4.69, 9.17) is 0 Å². The summed E-state index contributed by atoms with van der Waals surface area (Å²) in [6.07, 6.45) is 4.88. The van der Waals surface area contributed by atoms with Crippen molar-refractivity contribution < 1.29 is 10.2 Å². The van der Waals surface area contributed by atoms with Gasteiger partial charge in [-0.2, -0.15) is 0 Å². The summed E-state index contributed by atoms with van der Waals surface area (Å²) in [6, 6.07) is 0. The molecule has 0 bridgehead atoms. The molecule has 0 radical (unpaired) electrons. The highest BCUT2D eigenvalue weighted by Crippen LogP contribution is 2.08. The van der Waals surface area contributed by atoms with E-state index in [0.717, 1.165) is 19.3 Å². The van der Waals surface area contributed by atoms with Gasteiger partial charge in [-0.15, -0.1) is 6.58 Å². The first-order valence-electron chi connectivity index (χ1n) is 4.67. The Bertz CT molecular complexity index is 112. The number of unbranched alkanes of at least 4 members (excludes halogenated alkanes) is 1. The normalized spacial score (nSPS) is 15.6. The van der Waals surface area contributed by atoms with Crippen LogP contribution in [0.3, 0.4) is 0 Å². The topological polar surface area (TPSA) is 40.5 Å². The Labute approximate surface area is 74.9 Å². The summed E-state index contributed by atoms with van der Waals surface area (Å²) >= 11 is 0. The first kappa shape index (κ1) is 11.7. The Kier molecular flexibility index (Phi) is 7.11. The summed E-state index contributed by atoms with van der Waals surface area (Å²) in [5, 5.41) is 18.7. The maximum absolute atomic E-state index is 9.38. The largest absolute Gasteiger partial charge is 0.393 e. The summed E-state index contributed by atoms with van der Waals surface area (Å²) in [7, 11) is 0. The molecule has 0 spiro atoms. The maximum Gasteiger partial charge on any atom is 0.0599 e. The fourth-order valence-electron chi connectivity index (χ4n) is 1.16. The van der Waals surface area contributed by atoms with Gasteiger partial charge in [0.1, 0.15) is 0 Å². The van der Waals surface area contributed by atoms with Gasteiger partial charge in [0, 0.05) is 0 Å². The summed E-state index contributed by atoms with van der Waals surface area (Å²) in [6.45, 7) is 5.62. The Balaban J connectivity index is 3.39. The van der Waals surface area contributed by atoms with Crippen LogP contribution in [-0.4, -0.2) is 22.4 Å². The molecule has 2 nitrogen and oxygen atoms in total. The quantitative estimate of drug-likeness (QED) is 0.575. The molecule has 0 amide bonds. The summed E-state index contributed by atoms with van der Waals surface area (Å²) < 4.78 is 0. The predicted octanol–water partition coefficient (Wildman–Crippen LogP) is 1.86. The van der Waals surface area contributed by atoms with Crippen LogP contribution in [0.25, 0.3) is 0 Å². The van der Waals surface area contributed by atoms with Crippen LogP contribution in [0.5, 0.6) is 0 Å². The van der Waals surface area contributed by atoms with Gasteiger partial charge in [-0.3, -0.25) is 0 Å². The second kappa shape index (κ2) is 7.32. The van der Waals surface area contributed by atoms with Gasteiger partial charge in [0.15, 0.2) is 0 Å². The lowest BCUT2D eigenvalue weighted by Crippen LogP contribution is -2.16. The van der Waals surface area contributed by atoms with Crippen LogP contribution in [-0.2, 0) is 0 Å². The Morgan fingerprint density at radius 1 is 1.33 bits per heavy atom. The van der Waals surface area contributed by atoms with E-state index >= 15 is 0 Å². The number of rotatable bonds is 7. The molecule has 0 aliphatic carbocycles. The SMILES string of the molecule is C=CC[C@H](O)C[C@@H](O)CCCC. The highest BCUT2D eigenvalue weighted by molar-refractivity contribution is 4.74. The van der Waals surface area contributed by atoms with Gasteiger partial charge in [-0.1, -0.05) is 25.8 Å². The minimum atomic E-state index is -0.422. The summed E-state index contributed by atoms with van der Waals surface area (Å²) in [5.74, 6) is 0. The van der Waals surface area contributed by atoms with Gasteiger partial charge in [-0.25, -0.2) is 0 Å². The van der Waals surface area contributed by atoms with E-state index in [0.29, 0.717) is 12.8 Å². The van der Waals surface area contributed by atoms with Crippen LogP contribution in [0, 0.1) is 0 Å². The highest BCUT2D eigenvalue weighted by atomic mass is 16.3. The zero-order valence-electron chi connectivity index (χ0n) is 7.87. The van der Waals surface area contributed by atoms with E-state index in [1.807, 2.05) is 0 Å². The maximum atomic E-state index is 9.38. The van der Waals surface area contributed by atoms with E-state index in [9.17, 15) is 10.2 Å². The van der Waals surface area contributed by atoms with Crippen molar-refractivity contribution in [3.05, 3.63) is 12.7 Å². The van der Waals surface area contributed by atoms with Gasteiger partial charge in [0.25, 0.3) is 0 Å². The number of hydrogen-bond acceptors (Lipinski definition) is 2. The molecule has 0 unspecified atom stereocenters. The van der Waals surface area contributed by atoms with Crippen molar-refractivity contribution in [2.24, 2.45) is 0 Å². The standard InChI is InChI=1S/C10H20O2/c1-3-5-7-10(12)8-9(11)6-4-2/h4,9-12H,2-3,5-8H2,1H3/t9-,10-/m0/s1. The smallest absolute Gasteiger partial charge is 0.0599 e. The van der Waals surface area contributed by atoms with Gasteiger partial charge in [0.05, 0.1) is 12.2 Å². The molecule has 0 aromatic rings. The molecule has 2 heteroatoms. The molecule has 0 saturated heterocycles. The van der Waals surface area contributed by atoms with Crippen molar-refractivity contribution in [3.63, 3.8) is 0 Å². The van der Waals surface area contributed by atoms with Gasteiger partial charge in [-0.05, 0) is 19.3 Å². The predicted molar refractivity (Wildman–Crippen MR) is 51.0 cm³/mol. The Morgan fingerprint density at radius 3 is 2.50 bits per heavy atom. The van der Waals surface area contributed by atoms with E-state index in [1.165, 1.54) is 0 Å². The first-order chi connectivity index (χ1) is 5.70. The number of hydrogen-bond donors (Lipinski definition) is 2. The van der Waals surface area contributed by atoms with Crippen molar-refractivity contribution in [1.29, 1.82) is 0 Å². The van der Waals surface area contributed by atoms with Crippen LogP contribution in [0.4, 0.5) is 0 Å². The molecule has 12 heavy (non-hydrogen) atoms. The second-order valence-corrected chi connectivity index (χ2v) is 3.21. The molecule has 0 aliphatic rings. The van der Waals surface area contributed by atoms with Gasteiger partial charge in [0.2, 0.25) is 0 Å². The fraction of sp³-hybridized carbons (Fsp3) is 0.800. The van der Waals surface area contributed by atoms with E-state index in [1.54, 1.807) is 6.08 Å². The molecule has 0 aromatic heterocycles. The lowest BCUT2D eigenvalue weighted by atomic mass is 10.0. The highest BCUT2D eigenvalue weighted by Gasteiger charge is 2.09. The number of aliphatic hydroxyl groups is 2. The first-order valence-corrected chi connectivity index (χ1v) is 4.67. The van der Waals surface area contributed by atoms with Crippen LogP contribution in [0.2, 0.25) is 0 Å². The Hall–Kier alpha value is -0.340. The minimum absolute atomic E-state index is 0.347. The van der Waals surface area contributed by atoms with Crippen molar-refractivity contribution in [2.45, 2.75) is 51.2 Å². The Morgan fingerprint density at radius 2 is 2.00 bits per heavy atom. The van der Waals surface area contributed by atoms with Crippen LogP contribution < -0.4 is 0 Å². The van der Waals surface area contributed by atoms with Crippen LogP contribution >= 0.6 is 0 Å². The average molecular weight is 172 g/mol. The van der Waals surface area contributed by atoms with Gasteiger partial charge < -0.3 is 10.2 Å². The van der Waals surface area contributed by atoms with E-state index in [2.05, 4.69) is 13.5 Å². The molecule has 72 valence electrons. The third kappa shape index (κ3) is 6.38. The van der Waals surface area contributed by atoms with Gasteiger partial charge >= 0.3 is 0 Å². The fourth-order valence-corrected chi connectivity index (χ4v) is 1.16. The van der Waals surface area contributed by atoms with Crippen LogP contribution in [0.15, 0.2) is 12.7 Å². The van der Waals surface area contributed by atoms with Crippen molar-refractivity contribution in [2.75, 3.05) is 0 Å². The molecular formula is C10H20O2. The zero-order valence-corrected chi connectivity index (χ0v) is 7.87. The molecular weight excluding hydrogens is 152 g/mol. The van der Waals surface area contributed by atoms with Crippen molar-refractivity contribution >= 4 is 0 Å². The molecule has 0 aliphatic heterocycles. The molecule has 0 rings (SSSR count). The molecule has 0 fully saturated rings. The number of aliphatic hydroxyl groups excluding tert-OH is 2. The van der Waals surface area contributed by atoms with Crippen molar-refractivity contribution in [3.8, 4) is 0 Å². The molecule has 0 heterocycles. The van der Waals surface area contributed by atoms with E-state index in [-0.39, 0.29) is 6.10 Å². The zero-order chi connectivity index (χ0) is 9.40. The third-order valence-corrected chi connectivity index (χ3v) is 1.87. The average Bonchev–Trinajstić information content (AvgIpc) is 2.01. The van der Waals surface area contributed by atoms with Crippen LogP contribution in [0.1, 0.15) is 39.0 Å². The molecule has 0 aromatic carbocycles. The summed E-state index contributed by atoms with van der Waals surface area (Å²) in [4.78, 5) is 0. The van der Waals surface area contributed by atoms with Crippen molar-refractivity contribution in [1.82, 2.24) is 0 Å². The van der Waals surface area contributed by atoms with E-state index < -0.39 is 6.10 Å². The third-order valence-electron chi connectivity index (χ3n) is 1.87. The summed E-state index contributed by atoms with van der Waals surface area (Å²) in [5.41, 5.74) is 0. The molecule has 2 atom stereocenters.